The van der Waals surface area contributed by atoms with Crippen molar-refractivity contribution in [3.8, 4) is 0 Å². The second-order valence-electron chi connectivity index (χ2n) is 4.38. The van der Waals surface area contributed by atoms with E-state index in [2.05, 4.69) is 0 Å². The van der Waals surface area contributed by atoms with Gasteiger partial charge in [0.2, 0.25) is 0 Å². The molecule has 3 rings (SSSR count). The molecule has 2 N–H and O–H groups in total. The molecule has 1 aromatic carbocycles. The zero-order valence-corrected chi connectivity index (χ0v) is 12.4. The van der Waals surface area contributed by atoms with Gasteiger partial charge in [-0.25, -0.2) is 0 Å². The number of para-hydroxylation sites is 1. The predicted molar refractivity (Wildman–Crippen MR) is 81.3 cm³/mol. The van der Waals surface area contributed by atoms with Crippen LogP contribution < -0.4 is 5.73 Å². The molecule has 0 saturated carbocycles. The van der Waals surface area contributed by atoms with E-state index in [1.807, 2.05) is 30.5 Å². The Morgan fingerprint density at radius 2 is 2.11 bits per heavy atom. The molecule has 0 saturated heterocycles. The van der Waals surface area contributed by atoms with Crippen molar-refractivity contribution >= 4 is 45.5 Å². The number of rotatable bonds is 2. The Balaban J connectivity index is 2.09. The Morgan fingerprint density at radius 1 is 1.32 bits per heavy atom. The standard InChI is InChI=1S/C14H11Cl2NOS/c1-7-6-19-14(11(7)16)12(17)10-5-8-3-2-4-9(15)13(8)18-10/h2-6,12H,17H2,1H3. The summed E-state index contributed by atoms with van der Waals surface area (Å²) >= 11 is 13.9. The Bertz CT molecular complexity index is 747. The van der Waals surface area contributed by atoms with Crippen LogP contribution in [0, 0.1) is 6.92 Å². The first-order valence-electron chi connectivity index (χ1n) is 5.75. The Kier molecular flexibility index (Phi) is 3.31. The summed E-state index contributed by atoms with van der Waals surface area (Å²) in [7, 11) is 0. The average molecular weight is 312 g/mol. The van der Waals surface area contributed by atoms with Crippen LogP contribution in [0.5, 0.6) is 0 Å². The highest BCUT2D eigenvalue weighted by atomic mass is 35.5. The molecule has 0 aliphatic rings. The Hall–Kier alpha value is -1.00. The van der Waals surface area contributed by atoms with Gasteiger partial charge in [-0.05, 0) is 30.0 Å². The van der Waals surface area contributed by atoms with Gasteiger partial charge in [0.05, 0.1) is 16.1 Å². The molecule has 98 valence electrons. The molecule has 0 radical (unpaired) electrons. The smallest absolute Gasteiger partial charge is 0.152 e. The van der Waals surface area contributed by atoms with E-state index in [-0.39, 0.29) is 6.04 Å². The molecular weight excluding hydrogens is 301 g/mol. The fourth-order valence-electron chi connectivity index (χ4n) is 1.99. The fraction of sp³-hybridized carbons (Fsp3) is 0.143. The van der Waals surface area contributed by atoms with Crippen LogP contribution in [0.15, 0.2) is 34.1 Å². The van der Waals surface area contributed by atoms with E-state index in [1.165, 1.54) is 0 Å². The molecule has 0 aliphatic heterocycles. The first-order chi connectivity index (χ1) is 9.08. The monoisotopic (exact) mass is 311 g/mol. The molecule has 2 aromatic heterocycles. The van der Waals surface area contributed by atoms with Crippen LogP contribution in [0.3, 0.4) is 0 Å². The normalized spacial score (nSPS) is 13.1. The number of furan rings is 1. The Labute approximate surface area is 124 Å². The lowest BCUT2D eigenvalue weighted by atomic mass is 10.1. The Morgan fingerprint density at radius 3 is 2.74 bits per heavy atom. The highest BCUT2D eigenvalue weighted by molar-refractivity contribution is 7.10. The maximum Gasteiger partial charge on any atom is 0.152 e. The summed E-state index contributed by atoms with van der Waals surface area (Å²) in [5.74, 6) is 0.673. The molecule has 1 unspecified atom stereocenters. The van der Waals surface area contributed by atoms with Crippen LogP contribution in [0.1, 0.15) is 22.2 Å². The van der Waals surface area contributed by atoms with Crippen molar-refractivity contribution in [2.75, 3.05) is 0 Å². The second-order valence-corrected chi connectivity index (χ2v) is 6.08. The number of fused-ring (bicyclic) bond motifs is 1. The van der Waals surface area contributed by atoms with Gasteiger partial charge in [0.1, 0.15) is 5.76 Å². The topological polar surface area (TPSA) is 39.2 Å². The SMILES string of the molecule is Cc1csc(C(N)c2cc3cccc(Cl)c3o2)c1Cl. The van der Waals surface area contributed by atoms with Crippen LogP contribution in [-0.4, -0.2) is 0 Å². The van der Waals surface area contributed by atoms with Crippen molar-refractivity contribution in [2.45, 2.75) is 13.0 Å². The third-order valence-corrected chi connectivity index (χ3v) is 5.12. The summed E-state index contributed by atoms with van der Waals surface area (Å²) in [5, 5.41) is 4.24. The van der Waals surface area contributed by atoms with Crippen molar-refractivity contribution in [3.63, 3.8) is 0 Å². The summed E-state index contributed by atoms with van der Waals surface area (Å²) < 4.78 is 5.77. The van der Waals surface area contributed by atoms with E-state index in [0.29, 0.717) is 21.4 Å². The van der Waals surface area contributed by atoms with Crippen molar-refractivity contribution in [2.24, 2.45) is 5.73 Å². The van der Waals surface area contributed by atoms with E-state index >= 15 is 0 Å². The van der Waals surface area contributed by atoms with Crippen molar-refractivity contribution in [1.29, 1.82) is 0 Å². The molecule has 0 spiro atoms. The van der Waals surface area contributed by atoms with Crippen LogP contribution in [0.2, 0.25) is 10.0 Å². The summed E-state index contributed by atoms with van der Waals surface area (Å²) in [4.78, 5) is 0.911. The molecule has 0 bridgehead atoms. The molecule has 0 amide bonds. The van der Waals surface area contributed by atoms with Gasteiger partial charge in [0.15, 0.2) is 5.58 Å². The van der Waals surface area contributed by atoms with Crippen LogP contribution in [0.25, 0.3) is 11.0 Å². The minimum Gasteiger partial charge on any atom is -0.457 e. The minimum atomic E-state index is -0.366. The summed E-state index contributed by atoms with van der Waals surface area (Å²) in [6.45, 7) is 1.96. The van der Waals surface area contributed by atoms with Gasteiger partial charge < -0.3 is 10.2 Å². The van der Waals surface area contributed by atoms with Crippen LogP contribution in [0.4, 0.5) is 0 Å². The molecule has 5 heteroatoms. The molecule has 0 fully saturated rings. The number of nitrogens with two attached hydrogens (primary N) is 1. The van der Waals surface area contributed by atoms with Crippen LogP contribution >= 0.6 is 34.5 Å². The lowest BCUT2D eigenvalue weighted by molar-refractivity contribution is 0.528. The zero-order valence-electron chi connectivity index (χ0n) is 10.1. The summed E-state index contributed by atoms with van der Waals surface area (Å²) in [5.41, 5.74) is 7.93. The van der Waals surface area contributed by atoms with Crippen molar-refractivity contribution < 1.29 is 4.42 Å². The third kappa shape index (κ3) is 2.17. The van der Waals surface area contributed by atoms with Crippen molar-refractivity contribution in [3.05, 3.63) is 55.9 Å². The molecular formula is C14H11Cl2NOS. The number of hydrogen-bond donors (Lipinski definition) is 1. The molecule has 2 heterocycles. The molecule has 2 nitrogen and oxygen atoms in total. The maximum atomic E-state index is 6.25. The highest BCUT2D eigenvalue weighted by Crippen LogP contribution is 2.37. The van der Waals surface area contributed by atoms with E-state index in [4.69, 9.17) is 33.4 Å². The molecule has 19 heavy (non-hydrogen) atoms. The van der Waals surface area contributed by atoms with Crippen molar-refractivity contribution in [1.82, 2.24) is 0 Å². The van der Waals surface area contributed by atoms with Crippen LogP contribution in [-0.2, 0) is 0 Å². The predicted octanol–water partition coefficient (Wildman–Crippen LogP) is 5.16. The summed E-state index contributed by atoms with van der Waals surface area (Å²) in [6.07, 6.45) is 0. The highest BCUT2D eigenvalue weighted by Gasteiger charge is 2.20. The van der Waals surface area contributed by atoms with Gasteiger partial charge in [0.25, 0.3) is 0 Å². The maximum absolute atomic E-state index is 6.25. The third-order valence-electron chi connectivity index (χ3n) is 3.03. The molecule has 3 aromatic rings. The lowest BCUT2D eigenvalue weighted by Gasteiger charge is -2.06. The second kappa shape index (κ2) is 4.84. The summed E-state index contributed by atoms with van der Waals surface area (Å²) in [6, 6.07) is 7.18. The van der Waals surface area contributed by atoms with E-state index in [0.717, 1.165) is 15.8 Å². The number of thiophene rings is 1. The van der Waals surface area contributed by atoms with Gasteiger partial charge in [-0.3, -0.25) is 0 Å². The average Bonchev–Trinajstić information content (AvgIpc) is 2.95. The number of aryl methyl sites for hydroxylation is 1. The van der Waals surface area contributed by atoms with Gasteiger partial charge in [-0.2, -0.15) is 0 Å². The number of hydrogen-bond acceptors (Lipinski definition) is 3. The van der Waals surface area contributed by atoms with Gasteiger partial charge >= 0.3 is 0 Å². The minimum absolute atomic E-state index is 0.366. The quantitative estimate of drug-likeness (QED) is 0.710. The number of halogens is 2. The van der Waals surface area contributed by atoms with Gasteiger partial charge in [-0.15, -0.1) is 11.3 Å². The van der Waals surface area contributed by atoms with Gasteiger partial charge in [0, 0.05) is 10.3 Å². The zero-order chi connectivity index (χ0) is 13.6. The molecule has 0 aliphatic carbocycles. The largest absolute Gasteiger partial charge is 0.457 e. The van der Waals surface area contributed by atoms with Gasteiger partial charge in [-0.1, -0.05) is 35.3 Å². The first kappa shape index (κ1) is 13.0. The first-order valence-corrected chi connectivity index (χ1v) is 7.38. The molecule has 1 atom stereocenters. The lowest BCUT2D eigenvalue weighted by Crippen LogP contribution is -2.09. The van der Waals surface area contributed by atoms with E-state index < -0.39 is 0 Å². The fourth-order valence-corrected chi connectivity index (χ4v) is 3.53. The number of benzene rings is 1. The van der Waals surface area contributed by atoms with E-state index in [9.17, 15) is 0 Å². The van der Waals surface area contributed by atoms with E-state index in [1.54, 1.807) is 17.4 Å².